The molecule has 7 aromatic rings. The number of phenolic OH excluding ortho intramolecular Hbond substituents is 5. The molecule has 2 bridgehead atoms. The molecule has 0 radical (unpaired) electrons. The molecule has 7 fully saturated rings. The van der Waals surface area contributed by atoms with Crippen LogP contribution in [-0.4, -0.2) is 96.1 Å². The summed E-state index contributed by atoms with van der Waals surface area (Å²) in [5.41, 5.74) is 12.3. The molecule has 17 rings (SSSR count). The Bertz CT molecular complexity index is 4070. The van der Waals surface area contributed by atoms with E-state index >= 15 is 0 Å². The highest BCUT2D eigenvalue weighted by atomic mass is 16.5. The highest BCUT2D eigenvalue weighted by Gasteiger charge is 2.78. The van der Waals surface area contributed by atoms with Crippen LogP contribution in [0.5, 0.6) is 28.7 Å². The number of benzene rings is 5. The third kappa shape index (κ3) is 9.72. The van der Waals surface area contributed by atoms with Crippen molar-refractivity contribution in [3.63, 3.8) is 0 Å². The van der Waals surface area contributed by atoms with Gasteiger partial charge in [0.25, 0.3) is 0 Å². The monoisotopic (exact) mass is 1260 g/mol. The topological polar surface area (TPSA) is 211 Å². The van der Waals surface area contributed by atoms with Crippen molar-refractivity contribution < 1.29 is 35.4 Å². The number of piperidine rings is 2. The maximum absolute atomic E-state index is 13.3. The lowest BCUT2D eigenvalue weighted by atomic mass is 9.31. The zero-order valence-electron chi connectivity index (χ0n) is 54.2. The number of fused-ring (bicyclic) bond motifs is 9. The molecule has 490 valence electrons. The van der Waals surface area contributed by atoms with E-state index in [2.05, 4.69) is 106 Å². The predicted octanol–water partition coefficient (Wildman–Crippen LogP) is 13.8. The molecule has 16 atom stereocenters. The lowest BCUT2D eigenvalue weighted by Gasteiger charge is -2.75. The standard InChI is InChI=1S/C81H94N6O7/c88-68-26-20-49(36-71(68)91)19-24-59-60-14-5-15-69(89)73(60)75(93)74(92)61(59)25-18-48-16-21-51(22-17-48)65-40-78(63-39-57-12-7-31-80(57)33-32-79-30-6-11-56(79)23-27-70(90)76(79)81(80,77(63)87-65)72-45-83-47-85-72)41-66-55(37-62(67(42-78)86-66)50-8-2-1-3-9-50)43-82-34-28-53-44-84-64-38-52-29-35-94-46-54(52)10-4-13-58(53)64/h1-3,5,8-9,14-17,19-24,26-27,36-37,44-45,47,52,54,56-57,62-63,65-67,70,76-77,82,84,86-93H,4,6-7,10-13,18,25,28-35,38-43,46H2,(H,83,85)/b24-19+/t52-,54-,56-,57+,62-,63+,65+,66+,67-,70-,76-,77+,78+,79+,80+,81-/m1/s1. The molecule has 13 heteroatoms. The van der Waals surface area contributed by atoms with Crippen LogP contribution in [0.2, 0.25) is 0 Å². The van der Waals surface area contributed by atoms with Crippen LogP contribution in [0.4, 0.5) is 0 Å². The lowest BCUT2D eigenvalue weighted by molar-refractivity contribution is -0.217. The van der Waals surface area contributed by atoms with Gasteiger partial charge >= 0.3 is 0 Å². The minimum absolute atomic E-state index is 0.000498. The van der Waals surface area contributed by atoms with Crippen molar-refractivity contribution in [1.82, 2.24) is 30.9 Å². The molecular formula is C81H94N6O7. The van der Waals surface area contributed by atoms with Crippen LogP contribution in [0.15, 0.2) is 134 Å². The van der Waals surface area contributed by atoms with Crippen LogP contribution in [0.3, 0.4) is 0 Å². The Kier molecular flexibility index (Phi) is 15.4. The normalized spacial score (nSPS) is 34.8. The zero-order valence-corrected chi connectivity index (χ0v) is 54.2. The molecule has 6 heterocycles. The van der Waals surface area contributed by atoms with Gasteiger partial charge in [0.2, 0.25) is 0 Å². The van der Waals surface area contributed by atoms with Gasteiger partial charge in [-0.25, -0.2) is 4.98 Å². The Morgan fingerprint density at radius 1 is 0.723 bits per heavy atom. The first-order valence-corrected chi connectivity index (χ1v) is 36.0. The van der Waals surface area contributed by atoms with Crippen LogP contribution in [0, 0.1) is 51.8 Å². The molecular weight excluding hydrogens is 1170 g/mol. The van der Waals surface area contributed by atoms with E-state index in [9.17, 15) is 30.6 Å². The number of imidazole rings is 1. The van der Waals surface area contributed by atoms with Crippen LogP contribution < -0.4 is 16.0 Å². The van der Waals surface area contributed by atoms with E-state index in [-0.39, 0.29) is 86.4 Å². The molecule has 2 aromatic heterocycles. The van der Waals surface area contributed by atoms with Crippen LogP contribution >= 0.6 is 0 Å². The van der Waals surface area contributed by atoms with Crippen molar-refractivity contribution in [3.05, 3.63) is 189 Å². The first kappa shape index (κ1) is 60.5. The summed E-state index contributed by atoms with van der Waals surface area (Å²) in [6, 6.07) is 30.8. The highest BCUT2D eigenvalue weighted by molar-refractivity contribution is 6.03. The quantitative estimate of drug-likeness (QED) is 0.0226. The third-order valence-electron chi connectivity index (χ3n) is 27.0. The molecule has 13 nitrogen and oxygen atoms in total. The second-order valence-electron chi connectivity index (χ2n) is 31.0. The Morgan fingerprint density at radius 3 is 2.46 bits per heavy atom. The van der Waals surface area contributed by atoms with Gasteiger partial charge in [0, 0.05) is 90.5 Å². The number of aliphatic hydroxyl groups excluding tert-OH is 1. The van der Waals surface area contributed by atoms with Crippen molar-refractivity contribution in [1.29, 1.82) is 0 Å². The van der Waals surface area contributed by atoms with E-state index in [0.29, 0.717) is 64.5 Å². The van der Waals surface area contributed by atoms with Crippen molar-refractivity contribution in [2.45, 2.75) is 170 Å². The number of rotatable bonds is 13. The number of hydrogen-bond acceptors (Lipinski definition) is 11. The predicted molar refractivity (Wildman–Crippen MR) is 368 cm³/mol. The number of hydrogen-bond donors (Lipinski definition) is 11. The summed E-state index contributed by atoms with van der Waals surface area (Å²) in [7, 11) is 0. The number of phenols is 5. The van der Waals surface area contributed by atoms with E-state index in [1.165, 1.54) is 122 Å². The van der Waals surface area contributed by atoms with Crippen molar-refractivity contribution >= 4 is 22.9 Å². The molecule has 6 aliphatic carbocycles. The van der Waals surface area contributed by atoms with Gasteiger partial charge in [-0.3, -0.25) is 0 Å². The molecule has 3 spiro atoms. The van der Waals surface area contributed by atoms with E-state index in [0.717, 1.165) is 76.8 Å². The summed E-state index contributed by atoms with van der Waals surface area (Å²) in [4.78, 5) is 12.7. The molecule has 4 saturated carbocycles. The summed E-state index contributed by atoms with van der Waals surface area (Å²) in [6.45, 7) is 3.57. The molecule has 5 aromatic carbocycles. The molecule has 4 aliphatic heterocycles. The number of nitrogens with one attached hydrogen (secondary N) is 5. The fourth-order valence-electron chi connectivity index (χ4n) is 23.1. The average molecular weight is 1260 g/mol. The average Bonchev–Trinajstić information content (AvgIpc) is 0.733. The second kappa shape index (κ2) is 23.9. The van der Waals surface area contributed by atoms with E-state index in [4.69, 9.17) is 15.0 Å². The number of aliphatic hydroxyl groups is 1. The number of nitrogens with zero attached hydrogens (tertiary/aromatic N) is 1. The molecule has 0 amide bonds. The van der Waals surface area contributed by atoms with Crippen molar-refractivity contribution in [3.8, 4) is 28.7 Å². The third-order valence-corrected chi connectivity index (χ3v) is 27.0. The molecule has 11 N–H and O–H groups in total. The van der Waals surface area contributed by atoms with Crippen LogP contribution in [0.25, 0.3) is 22.9 Å². The van der Waals surface area contributed by atoms with E-state index in [1.54, 1.807) is 23.8 Å². The number of aromatic nitrogens is 3. The summed E-state index contributed by atoms with van der Waals surface area (Å²) in [6.07, 6.45) is 38.7. The highest BCUT2D eigenvalue weighted by Crippen LogP contribution is 2.79. The minimum Gasteiger partial charge on any atom is -0.507 e. The fraction of sp³-hybridized carbons (Fsp3) is 0.494. The first-order chi connectivity index (χ1) is 45.9. The SMILES string of the molecule is Oc1ccc(/C=C/c2c(CCc3ccc([C@@H]4C[C@@]5(C[C@@H]6N[C@H](C5)[C@@H](c5ccccc5)C=C6CNCCc5c[nH]c6c5CCC[C@@H]5COCC[C@@H]5C6)[C@H]5C[C@@H]6CCC[C@]67CC[C@@]68CCC[C@@H]6C=C[C@@H](O)[C@H]8[C@]7(c6cnc[nH]6)[C@H]5N4)cc3)c(O)c(O)c3c(O)cccc23)cc1O. The number of ether oxygens (including phenoxy) is 1. The van der Waals surface area contributed by atoms with E-state index < -0.39 is 11.5 Å². The molecule has 0 unspecified atom stereocenters. The van der Waals surface area contributed by atoms with Gasteiger partial charge in [-0.1, -0.05) is 116 Å². The maximum atomic E-state index is 13.3. The van der Waals surface area contributed by atoms with Gasteiger partial charge in [-0.05, 0) is 236 Å². The first-order valence-electron chi connectivity index (χ1n) is 36.0. The number of H-pyrrole nitrogens is 2. The Balaban J connectivity index is 0.733. The van der Waals surface area contributed by atoms with Gasteiger partial charge in [0.15, 0.2) is 23.0 Å². The van der Waals surface area contributed by atoms with E-state index in [1.807, 2.05) is 18.5 Å². The Labute approximate surface area is 552 Å². The summed E-state index contributed by atoms with van der Waals surface area (Å²) >= 11 is 0. The molecule has 10 aliphatic rings. The van der Waals surface area contributed by atoms with Gasteiger partial charge in [-0.15, -0.1) is 0 Å². The van der Waals surface area contributed by atoms with Gasteiger partial charge in [0.1, 0.15) is 5.75 Å². The number of aryl methyl sites for hydroxylation is 1. The maximum Gasteiger partial charge on any atom is 0.169 e. The Hall–Kier alpha value is -7.13. The van der Waals surface area contributed by atoms with Crippen molar-refractivity contribution in [2.75, 3.05) is 26.3 Å². The van der Waals surface area contributed by atoms with Gasteiger partial charge in [-0.2, -0.15) is 0 Å². The summed E-state index contributed by atoms with van der Waals surface area (Å²) in [5, 5.41) is 82.2. The Morgan fingerprint density at radius 2 is 1.60 bits per heavy atom. The van der Waals surface area contributed by atoms with Crippen molar-refractivity contribution in [2.24, 2.45) is 51.8 Å². The van der Waals surface area contributed by atoms with Gasteiger partial charge < -0.3 is 61.3 Å². The minimum atomic E-state index is -0.570. The fourth-order valence-corrected chi connectivity index (χ4v) is 23.1. The van der Waals surface area contributed by atoms with Crippen LogP contribution in [-0.2, 0) is 42.3 Å². The molecule has 94 heavy (non-hydrogen) atoms. The number of allylic oxidation sites excluding steroid dienone is 1. The largest absolute Gasteiger partial charge is 0.507 e. The van der Waals surface area contributed by atoms with Crippen LogP contribution in [0.1, 0.15) is 164 Å². The summed E-state index contributed by atoms with van der Waals surface area (Å²) < 4.78 is 5.95. The van der Waals surface area contributed by atoms with Gasteiger partial charge in [0.05, 0.1) is 17.8 Å². The second-order valence-corrected chi connectivity index (χ2v) is 31.0. The smallest absolute Gasteiger partial charge is 0.169 e. The summed E-state index contributed by atoms with van der Waals surface area (Å²) in [5.74, 6) is 1.73. The zero-order chi connectivity index (χ0) is 63.5. The number of aromatic hydroxyl groups is 5. The molecule has 3 saturated heterocycles. The number of aromatic amines is 2. The lowest BCUT2D eigenvalue weighted by Crippen LogP contribution is -2.78.